The van der Waals surface area contributed by atoms with Crippen LogP contribution in [0.5, 0.6) is 0 Å². The van der Waals surface area contributed by atoms with Crippen molar-refractivity contribution < 1.29 is 9.53 Å². The van der Waals surface area contributed by atoms with Gasteiger partial charge < -0.3 is 15.8 Å². The number of carbonyl (C=O) groups excluding carboxylic acids is 1. The predicted octanol–water partition coefficient (Wildman–Crippen LogP) is 1.00. The van der Waals surface area contributed by atoms with Crippen molar-refractivity contribution in [1.82, 2.24) is 5.32 Å². The van der Waals surface area contributed by atoms with E-state index in [1.165, 1.54) is 0 Å². The summed E-state index contributed by atoms with van der Waals surface area (Å²) >= 11 is 0. The molecule has 1 fully saturated rings. The van der Waals surface area contributed by atoms with Crippen molar-refractivity contribution in [2.45, 2.75) is 51.3 Å². The average Bonchev–Trinajstić information content (AvgIpc) is 1.94. The number of ether oxygens (including phenoxy) is 1. The van der Waals surface area contributed by atoms with Crippen LogP contribution >= 0.6 is 0 Å². The maximum absolute atomic E-state index is 11.2. The Morgan fingerprint density at radius 2 is 2.08 bits per heavy atom. The molecule has 1 amide bonds. The van der Waals surface area contributed by atoms with Crippen LogP contribution in [0, 0.1) is 0 Å². The minimum Gasteiger partial charge on any atom is -0.444 e. The van der Waals surface area contributed by atoms with E-state index in [1.807, 2.05) is 20.8 Å². The quantitative estimate of drug-likeness (QED) is 0.642. The summed E-state index contributed by atoms with van der Waals surface area (Å²) in [7, 11) is 0. The van der Waals surface area contributed by atoms with Crippen LogP contribution in [0.15, 0.2) is 0 Å². The second kappa shape index (κ2) is 3.54. The molecule has 4 nitrogen and oxygen atoms in total. The van der Waals surface area contributed by atoms with E-state index < -0.39 is 5.60 Å². The maximum Gasteiger partial charge on any atom is 0.407 e. The molecule has 0 spiro atoms. The number of nitrogens with one attached hydrogen (secondary N) is 1. The Hall–Kier alpha value is -0.770. The molecule has 76 valence electrons. The largest absolute Gasteiger partial charge is 0.444 e. The summed E-state index contributed by atoms with van der Waals surface area (Å²) in [5, 5.41) is 2.74. The summed E-state index contributed by atoms with van der Waals surface area (Å²) in [5.74, 6) is 0. The topological polar surface area (TPSA) is 64.3 Å². The normalized spacial score (nSPS) is 27.7. The molecule has 1 saturated carbocycles. The first-order chi connectivity index (χ1) is 5.88. The van der Waals surface area contributed by atoms with Crippen LogP contribution < -0.4 is 11.1 Å². The number of nitrogens with two attached hydrogens (primary N) is 1. The highest BCUT2D eigenvalue weighted by molar-refractivity contribution is 5.68. The molecule has 0 aromatic carbocycles. The Bertz CT molecular complexity index is 198. The molecule has 0 aromatic rings. The van der Waals surface area contributed by atoms with Gasteiger partial charge in [-0.1, -0.05) is 0 Å². The summed E-state index contributed by atoms with van der Waals surface area (Å²) in [5.41, 5.74) is 5.23. The molecule has 0 saturated heterocycles. The van der Waals surface area contributed by atoms with Gasteiger partial charge >= 0.3 is 6.09 Å². The molecule has 2 atom stereocenters. The van der Waals surface area contributed by atoms with Gasteiger partial charge in [-0.15, -0.1) is 0 Å². The third-order valence-electron chi connectivity index (χ3n) is 2.03. The number of rotatable bonds is 1. The predicted molar refractivity (Wildman–Crippen MR) is 50.4 cm³/mol. The van der Waals surface area contributed by atoms with Crippen LogP contribution in [0.1, 0.15) is 33.6 Å². The van der Waals surface area contributed by atoms with Crippen molar-refractivity contribution in [3.8, 4) is 0 Å². The molecule has 0 radical (unpaired) electrons. The highest BCUT2D eigenvalue weighted by atomic mass is 16.6. The highest BCUT2D eigenvalue weighted by Gasteiger charge is 2.30. The fourth-order valence-electron chi connectivity index (χ4n) is 1.16. The summed E-state index contributed by atoms with van der Waals surface area (Å²) in [6, 6.07) is 0.211. The molecule has 1 rings (SSSR count). The second-order valence-electron chi connectivity index (χ2n) is 4.49. The Morgan fingerprint density at radius 1 is 1.46 bits per heavy atom. The molecule has 0 heterocycles. The lowest BCUT2D eigenvalue weighted by Gasteiger charge is -2.34. The van der Waals surface area contributed by atoms with E-state index in [0.717, 1.165) is 12.8 Å². The zero-order valence-electron chi connectivity index (χ0n) is 8.46. The first kappa shape index (κ1) is 10.3. The molecular weight excluding hydrogens is 168 g/mol. The number of carbonyl (C=O) groups is 1. The molecule has 0 aliphatic heterocycles. The zero-order chi connectivity index (χ0) is 10.1. The third kappa shape index (κ3) is 3.22. The molecule has 0 bridgehead atoms. The van der Waals surface area contributed by atoms with Crippen molar-refractivity contribution in [2.75, 3.05) is 0 Å². The molecule has 0 unspecified atom stereocenters. The SMILES string of the molecule is CC(C)(C)OC(=O)N[C@@H]1CC[C@@H]1N. The van der Waals surface area contributed by atoms with Gasteiger partial charge in [0.15, 0.2) is 0 Å². The Morgan fingerprint density at radius 3 is 2.38 bits per heavy atom. The zero-order valence-corrected chi connectivity index (χ0v) is 8.46. The first-order valence-electron chi connectivity index (χ1n) is 4.63. The Labute approximate surface area is 78.8 Å². The fraction of sp³-hybridized carbons (Fsp3) is 0.889. The molecular formula is C9H18N2O2. The van der Waals surface area contributed by atoms with Gasteiger partial charge in [0.25, 0.3) is 0 Å². The van der Waals surface area contributed by atoms with Gasteiger partial charge in [0, 0.05) is 12.1 Å². The van der Waals surface area contributed by atoms with E-state index >= 15 is 0 Å². The van der Waals surface area contributed by atoms with Gasteiger partial charge in [0.05, 0.1) is 0 Å². The van der Waals surface area contributed by atoms with Gasteiger partial charge in [-0.25, -0.2) is 4.79 Å². The molecule has 1 aliphatic carbocycles. The van der Waals surface area contributed by atoms with E-state index in [0.29, 0.717) is 0 Å². The van der Waals surface area contributed by atoms with Crippen LogP contribution in [-0.2, 0) is 4.74 Å². The number of alkyl carbamates (subject to hydrolysis) is 1. The molecule has 13 heavy (non-hydrogen) atoms. The lowest BCUT2D eigenvalue weighted by Crippen LogP contribution is -2.55. The van der Waals surface area contributed by atoms with E-state index in [1.54, 1.807) is 0 Å². The van der Waals surface area contributed by atoms with Crippen LogP contribution in [-0.4, -0.2) is 23.8 Å². The maximum atomic E-state index is 11.2. The van der Waals surface area contributed by atoms with Crippen molar-refractivity contribution in [2.24, 2.45) is 5.73 Å². The summed E-state index contributed by atoms with van der Waals surface area (Å²) in [6.07, 6.45) is 1.58. The Balaban J connectivity index is 2.25. The second-order valence-corrected chi connectivity index (χ2v) is 4.49. The average molecular weight is 186 g/mol. The summed E-state index contributed by atoms with van der Waals surface area (Å²) < 4.78 is 5.09. The van der Waals surface area contributed by atoms with Gasteiger partial charge in [0.2, 0.25) is 0 Å². The van der Waals surface area contributed by atoms with Crippen molar-refractivity contribution in [3.63, 3.8) is 0 Å². The van der Waals surface area contributed by atoms with E-state index in [4.69, 9.17) is 10.5 Å². The van der Waals surface area contributed by atoms with E-state index in [-0.39, 0.29) is 18.2 Å². The minimum atomic E-state index is -0.433. The Kier molecular flexibility index (Phi) is 2.81. The van der Waals surface area contributed by atoms with Gasteiger partial charge in [-0.05, 0) is 33.6 Å². The van der Waals surface area contributed by atoms with E-state index in [9.17, 15) is 4.79 Å². The van der Waals surface area contributed by atoms with Crippen molar-refractivity contribution in [1.29, 1.82) is 0 Å². The molecule has 1 aliphatic rings. The smallest absolute Gasteiger partial charge is 0.407 e. The van der Waals surface area contributed by atoms with Crippen LogP contribution in [0.25, 0.3) is 0 Å². The van der Waals surface area contributed by atoms with Gasteiger partial charge in [0.1, 0.15) is 5.60 Å². The summed E-state index contributed by atoms with van der Waals surface area (Å²) in [6.45, 7) is 5.52. The highest BCUT2D eigenvalue weighted by Crippen LogP contribution is 2.18. The molecule has 4 heteroatoms. The standard InChI is InChI=1S/C9H18N2O2/c1-9(2,3)13-8(12)11-7-5-4-6(7)10/h6-7H,4-5,10H2,1-3H3,(H,11,12)/t6-,7+/m0/s1. The van der Waals surface area contributed by atoms with Crippen molar-refractivity contribution in [3.05, 3.63) is 0 Å². The van der Waals surface area contributed by atoms with Crippen LogP contribution in [0.2, 0.25) is 0 Å². The third-order valence-corrected chi connectivity index (χ3v) is 2.03. The fourth-order valence-corrected chi connectivity index (χ4v) is 1.16. The van der Waals surface area contributed by atoms with Crippen molar-refractivity contribution >= 4 is 6.09 Å². The number of amides is 1. The minimum absolute atomic E-state index is 0.104. The number of hydrogen-bond donors (Lipinski definition) is 2. The van der Waals surface area contributed by atoms with Crippen LogP contribution in [0.3, 0.4) is 0 Å². The van der Waals surface area contributed by atoms with Gasteiger partial charge in [-0.3, -0.25) is 0 Å². The monoisotopic (exact) mass is 186 g/mol. The summed E-state index contributed by atoms with van der Waals surface area (Å²) in [4.78, 5) is 11.2. The molecule has 3 N–H and O–H groups in total. The van der Waals surface area contributed by atoms with Gasteiger partial charge in [-0.2, -0.15) is 0 Å². The lowest BCUT2D eigenvalue weighted by molar-refractivity contribution is 0.0467. The van der Waals surface area contributed by atoms with Crippen LogP contribution in [0.4, 0.5) is 4.79 Å². The first-order valence-corrected chi connectivity index (χ1v) is 4.63. The van der Waals surface area contributed by atoms with E-state index in [2.05, 4.69) is 5.32 Å². The lowest BCUT2D eigenvalue weighted by atomic mass is 9.87. The number of hydrogen-bond acceptors (Lipinski definition) is 3. The molecule has 0 aromatic heterocycles.